The molecule has 0 radical (unpaired) electrons. The monoisotopic (exact) mass is 285 g/mol. The van der Waals surface area contributed by atoms with Gasteiger partial charge in [-0.3, -0.25) is 19.7 Å². The molecule has 7 nitrogen and oxygen atoms in total. The summed E-state index contributed by atoms with van der Waals surface area (Å²) in [7, 11) is 1.74. The Hall–Kier alpha value is -2.70. The highest BCUT2D eigenvalue weighted by Crippen LogP contribution is 2.31. The quantitative estimate of drug-likeness (QED) is 0.859. The smallest absolute Gasteiger partial charge is 0.269 e. The fourth-order valence-electron chi connectivity index (χ4n) is 2.63. The topological polar surface area (TPSA) is 91.0 Å². The predicted molar refractivity (Wildman–Crippen MR) is 74.2 cm³/mol. The molecule has 2 N–H and O–H groups in total. The van der Waals surface area contributed by atoms with Gasteiger partial charge in [0, 0.05) is 32.1 Å². The molecule has 1 fully saturated rings. The Morgan fingerprint density at radius 1 is 1.43 bits per heavy atom. The predicted octanol–water partition coefficient (Wildman–Crippen LogP) is 0.506. The second-order valence-electron chi connectivity index (χ2n) is 4.99. The second kappa shape index (κ2) is 5.35. The van der Waals surface area contributed by atoms with Gasteiger partial charge in [0.05, 0.1) is 12.1 Å². The lowest BCUT2D eigenvalue weighted by Crippen LogP contribution is -2.39. The number of H-pyrrole nitrogens is 1. The minimum atomic E-state index is -0.289. The number of nitrogens with one attached hydrogen (secondary N) is 2. The van der Waals surface area contributed by atoms with Crippen molar-refractivity contribution in [2.24, 2.45) is 0 Å². The summed E-state index contributed by atoms with van der Waals surface area (Å²) in [6.07, 6.45) is 5.18. The summed E-state index contributed by atoms with van der Waals surface area (Å²) >= 11 is 0. The molecule has 0 unspecified atom stereocenters. The van der Waals surface area contributed by atoms with Gasteiger partial charge in [-0.2, -0.15) is 5.10 Å². The lowest BCUT2D eigenvalue weighted by atomic mass is 10.0. The molecule has 2 atom stereocenters. The fourth-order valence-corrected chi connectivity index (χ4v) is 2.63. The zero-order valence-corrected chi connectivity index (χ0v) is 11.5. The third-order valence-corrected chi connectivity index (χ3v) is 3.67. The van der Waals surface area contributed by atoms with Crippen LogP contribution in [0.25, 0.3) is 0 Å². The van der Waals surface area contributed by atoms with Crippen molar-refractivity contribution >= 4 is 11.8 Å². The number of pyridine rings is 1. The number of nitrogens with zero attached hydrogens (tertiary/aromatic N) is 3. The van der Waals surface area contributed by atoms with Gasteiger partial charge < -0.3 is 10.2 Å². The van der Waals surface area contributed by atoms with Gasteiger partial charge in [0.25, 0.3) is 5.91 Å². The van der Waals surface area contributed by atoms with Gasteiger partial charge in [-0.1, -0.05) is 6.07 Å². The van der Waals surface area contributed by atoms with Gasteiger partial charge in [-0.05, 0) is 17.7 Å². The van der Waals surface area contributed by atoms with Crippen molar-refractivity contribution in [2.45, 2.75) is 18.5 Å². The van der Waals surface area contributed by atoms with E-state index in [2.05, 4.69) is 20.5 Å². The van der Waals surface area contributed by atoms with Crippen LogP contribution >= 0.6 is 0 Å². The number of amides is 2. The molecular formula is C14H15N5O2. The first-order chi connectivity index (χ1) is 10.2. The van der Waals surface area contributed by atoms with Crippen molar-refractivity contribution in [1.82, 2.24) is 25.4 Å². The van der Waals surface area contributed by atoms with E-state index in [0.717, 1.165) is 5.56 Å². The number of aromatic amines is 1. The van der Waals surface area contributed by atoms with Crippen LogP contribution < -0.4 is 5.32 Å². The van der Waals surface area contributed by atoms with Crippen molar-refractivity contribution in [2.75, 3.05) is 7.05 Å². The normalized spacial score (nSPS) is 21.6. The van der Waals surface area contributed by atoms with Crippen LogP contribution in [0.3, 0.4) is 0 Å². The SMILES string of the molecule is CN1C(=O)C[C@@H](NC(=O)c2ccn[nH]2)[C@@H]1c1cccnc1. The van der Waals surface area contributed by atoms with Crippen LogP contribution in [-0.2, 0) is 4.79 Å². The summed E-state index contributed by atoms with van der Waals surface area (Å²) in [6, 6.07) is 4.82. The summed E-state index contributed by atoms with van der Waals surface area (Å²) < 4.78 is 0. The number of carbonyl (C=O) groups excluding carboxylic acids is 2. The molecule has 21 heavy (non-hydrogen) atoms. The summed E-state index contributed by atoms with van der Waals surface area (Å²) in [5, 5.41) is 9.26. The minimum absolute atomic E-state index is 0.00114. The van der Waals surface area contributed by atoms with Crippen LogP contribution in [0.5, 0.6) is 0 Å². The van der Waals surface area contributed by atoms with E-state index in [-0.39, 0.29) is 30.3 Å². The summed E-state index contributed by atoms with van der Waals surface area (Å²) in [6.45, 7) is 0. The Bertz CT molecular complexity index is 641. The number of hydrogen-bond donors (Lipinski definition) is 2. The molecule has 0 aromatic carbocycles. The van der Waals surface area contributed by atoms with Crippen LogP contribution in [0.2, 0.25) is 0 Å². The average Bonchev–Trinajstić information content (AvgIpc) is 3.10. The molecule has 3 rings (SSSR count). The molecule has 3 heterocycles. The molecule has 2 aromatic heterocycles. The van der Waals surface area contributed by atoms with Gasteiger partial charge in [-0.15, -0.1) is 0 Å². The van der Waals surface area contributed by atoms with Gasteiger partial charge in [0.1, 0.15) is 5.69 Å². The second-order valence-corrected chi connectivity index (χ2v) is 4.99. The van der Waals surface area contributed by atoms with E-state index < -0.39 is 0 Å². The Morgan fingerprint density at radius 3 is 2.95 bits per heavy atom. The highest BCUT2D eigenvalue weighted by atomic mass is 16.2. The molecule has 108 valence electrons. The average molecular weight is 285 g/mol. The number of hydrogen-bond acceptors (Lipinski definition) is 4. The maximum atomic E-state index is 12.1. The minimum Gasteiger partial charge on any atom is -0.345 e. The van der Waals surface area contributed by atoms with E-state index in [1.807, 2.05) is 12.1 Å². The summed E-state index contributed by atoms with van der Waals surface area (Å²) in [5.41, 5.74) is 1.28. The van der Waals surface area contributed by atoms with Crippen LogP contribution in [0.4, 0.5) is 0 Å². The van der Waals surface area contributed by atoms with E-state index in [0.29, 0.717) is 5.69 Å². The molecule has 1 aliphatic rings. The van der Waals surface area contributed by atoms with Gasteiger partial charge >= 0.3 is 0 Å². The molecule has 7 heteroatoms. The van der Waals surface area contributed by atoms with Crippen LogP contribution in [0.15, 0.2) is 36.8 Å². The van der Waals surface area contributed by atoms with E-state index in [4.69, 9.17) is 0 Å². The van der Waals surface area contributed by atoms with E-state index in [1.54, 1.807) is 30.4 Å². The third kappa shape index (κ3) is 2.49. The molecule has 1 saturated heterocycles. The third-order valence-electron chi connectivity index (χ3n) is 3.67. The largest absolute Gasteiger partial charge is 0.345 e. The molecule has 0 saturated carbocycles. The maximum Gasteiger partial charge on any atom is 0.269 e. The van der Waals surface area contributed by atoms with E-state index in [1.165, 1.54) is 6.20 Å². The Balaban J connectivity index is 1.83. The van der Waals surface area contributed by atoms with E-state index >= 15 is 0 Å². The maximum absolute atomic E-state index is 12.1. The highest BCUT2D eigenvalue weighted by molar-refractivity contribution is 5.93. The number of aromatic nitrogens is 3. The highest BCUT2D eigenvalue weighted by Gasteiger charge is 2.39. The first-order valence-electron chi connectivity index (χ1n) is 6.62. The zero-order valence-electron chi connectivity index (χ0n) is 11.5. The molecule has 0 aliphatic carbocycles. The van der Waals surface area contributed by atoms with E-state index in [9.17, 15) is 9.59 Å². The van der Waals surface area contributed by atoms with Gasteiger partial charge in [0.15, 0.2) is 0 Å². The number of carbonyl (C=O) groups is 2. The lowest BCUT2D eigenvalue weighted by molar-refractivity contribution is -0.127. The number of likely N-dealkylation sites (tertiary alicyclic amines) is 1. The molecule has 2 amide bonds. The van der Waals surface area contributed by atoms with Crippen molar-refractivity contribution < 1.29 is 9.59 Å². The van der Waals surface area contributed by atoms with Gasteiger partial charge in [0.2, 0.25) is 5.91 Å². The standard InChI is InChI=1S/C14H15N5O2/c1-19-12(20)7-11(13(19)9-3-2-5-15-8-9)17-14(21)10-4-6-16-18-10/h2-6,8,11,13H,7H2,1H3,(H,16,18)(H,17,21)/t11-,13+/m1/s1. The van der Waals surface area contributed by atoms with Gasteiger partial charge in [-0.25, -0.2) is 0 Å². The fraction of sp³-hybridized carbons (Fsp3) is 0.286. The molecule has 1 aliphatic heterocycles. The first-order valence-corrected chi connectivity index (χ1v) is 6.62. The Kier molecular flexibility index (Phi) is 3.39. The first kappa shape index (κ1) is 13.3. The zero-order chi connectivity index (χ0) is 14.8. The number of likely N-dealkylation sites (N-methyl/N-ethyl adjacent to an activating group) is 1. The van der Waals surface area contributed by atoms with Crippen molar-refractivity contribution in [3.05, 3.63) is 48.0 Å². The molecular weight excluding hydrogens is 270 g/mol. The molecule has 0 spiro atoms. The van der Waals surface area contributed by atoms with Crippen molar-refractivity contribution in [3.63, 3.8) is 0 Å². The van der Waals surface area contributed by atoms with Crippen LogP contribution in [-0.4, -0.2) is 45.0 Å². The summed E-state index contributed by atoms with van der Waals surface area (Å²) in [5.74, 6) is -0.270. The van der Waals surface area contributed by atoms with Crippen molar-refractivity contribution in [1.29, 1.82) is 0 Å². The molecule has 2 aromatic rings. The summed E-state index contributed by atoms with van der Waals surface area (Å²) in [4.78, 5) is 29.8. The lowest BCUT2D eigenvalue weighted by Gasteiger charge is -2.25. The number of rotatable bonds is 3. The van der Waals surface area contributed by atoms with Crippen LogP contribution in [0, 0.1) is 0 Å². The Labute approximate surface area is 121 Å². The van der Waals surface area contributed by atoms with Crippen molar-refractivity contribution in [3.8, 4) is 0 Å². The molecule has 0 bridgehead atoms. The van der Waals surface area contributed by atoms with Crippen LogP contribution in [0.1, 0.15) is 28.5 Å². The Morgan fingerprint density at radius 2 is 2.29 bits per heavy atom.